The van der Waals surface area contributed by atoms with Crippen molar-refractivity contribution in [3.63, 3.8) is 0 Å². The second-order valence-electron chi connectivity index (χ2n) is 3.68. The summed E-state index contributed by atoms with van der Waals surface area (Å²) >= 11 is 0. The number of aldehydes is 1. The Balaban J connectivity index is 2.11. The van der Waals surface area contributed by atoms with Gasteiger partial charge in [-0.3, -0.25) is 9.78 Å². The molecule has 0 atom stereocenters. The summed E-state index contributed by atoms with van der Waals surface area (Å²) in [6.45, 7) is 0.407. The number of ether oxygens (including phenoxy) is 2. The summed E-state index contributed by atoms with van der Waals surface area (Å²) in [6.07, 6.45) is 4.22. The molecule has 0 fully saturated rings. The molecule has 2 rings (SSSR count). The van der Waals surface area contributed by atoms with Gasteiger partial charge in [0.2, 0.25) is 0 Å². The number of nitrogens with zero attached hydrogens (tertiary/aromatic N) is 1. The van der Waals surface area contributed by atoms with Crippen LogP contribution in [0.2, 0.25) is 0 Å². The summed E-state index contributed by atoms with van der Waals surface area (Å²) in [7, 11) is 1.54. The number of methoxy groups -OCH3 is 1. The van der Waals surface area contributed by atoms with E-state index in [0.717, 1.165) is 11.8 Å². The van der Waals surface area contributed by atoms with Crippen LogP contribution in [-0.4, -0.2) is 18.4 Å². The Kier molecular flexibility index (Phi) is 3.91. The van der Waals surface area contributed by atoms with Crippen LogP contribution in [-0.2, 0) is 6.61 Å². The summed E-state index contributed by atoms with van der Waals surface area (Å²) in [5.41, 5.74) is 1.53. The van der Waals surface area contributed by atoms with Crippen LogP contribution in [0.25, 0.3) is 0 Å². The van der Waals surface area contributed by atoms with E-state index >= 15 is 0 Å². The number of carbonyl (C=O) groups is 1. The lowest BCUT2D eigenvalue weighted by atomic mass is 10.2. The highest BCUT2D eigenvalue weighted by atomic mass is 16.5. The first kappa shape index (κ1) is 12.1. The van der Waals surface area contributed by atoms with Crippen LogP contribution in [0.4, 0.5) is 0 Å². The van der Waals surface area contributed by atoms with Crippen molar-refractivity contribution >= 4 is 6.29 Å². The zero-order valence-corrected chi connectivity index (χ0v) is 10.00. The Morgan fingerprint density at radius 3 is 2.83 bits per heavy atom. The molecule has 0 aliphatic carbocycles. The second-order valence-corrected chi connectivity index (χ2v) is 3.68. The third-order valence-corrected chi connectivity index (χ3v) is 2.44. The highest BCUT2D eigenvalue weighted by molar-refractivity contribution is 5.76. The first-order chi connectivity index (χ1) is 8.83. The van der Waals surface area contributed by atoms with Gasteiger partial charge in [-0.1, -0.05) is 6.07 Å². The third kappa shape index (κ3) is 2.85. The van der Waals surface area contributed by atoms with E-state index in [2.05, 4.69) is 4.98 Å². The lowest BCUT2D eigenvalue weighted by Gasteiger charge is -2.10. The molecule has 0 spiro atoms. The first-order valence-electron chi connectivity index (χ1n) is 5.48. The van der Waals surface area contributed by atoms with Crippen molar-refractivity contribution in [1.29, 1.82) is 0 Å². The maximum atomic E-state index is 10.7. The highest BCUT2D eigenvalue weighted by Gasteiger charge is 2.05. The monoisotopic (exact) mass is 243 g/mol. The fourth-order valence-corrected chi connectivity index (χ4v) is 1.52. The topological polar surface area (TPSA) is 48.4 Å². The van der Waals surface area contributed by atoms with E-state index in [0.29, 0.717) is 23.7 Å². The molecule has 2 aromatic rings. The van der Waals surface area contributed by atoms with Crippen LogP contribution in [0.5, 0.6) is 11.5 Å². The predicted molar refractivity (Wildman–Crippen MR) is 67.0 cm³/mol. The molecular formula is C14H13NO3. The van der Waals surface area contributed by atoms with Crippen LogP contribution >= 0.6 is 0 Å². The normalized spacial score (nSPS) is 9.83. The van der Waals surface area contributed by atoms with Crippen molar-refractivity contribution < 1.29 is 14.3 Å². The third-order valence-electron chi connectivity index (χ3n) is 2.44. The fraction of sp³-hybridized carbons (Fsp3) is 0.143. The molecule has 1 aromatic heterocycles. The molecule has 0 amide bonds. The molecule has 4 heteroatoms. The van der Waals surface area contributed by atoms with E-state index in [1.807, 2.05) is 12.1 Å². The molecule has 0 bridgehead atoms. The lowest BCUT2D eigenvalue weighted by Crippen LogP contribution is -1.98. The average molecular weight is 243 g/mol. The molecule has 4 nitrogen and oxygen atoms in total. The maximum Gasteiger partial charge on any atom is 0.161 e. The van der Waals surface area contributed by atoms with Crippen LogP contribution in [0.15, 0.2) is 42.7 Å². The molecule has 0 aliphatic heterocycles. The molecule has 0 saturated heterocycles. The Morgan fingerprint density at radius 1 is 1.28 bits per heavy atom. The van der Waals surface area contributed by atoms with E-state index < -0.39 is 0 Å². The van der Waals surface area contributed by atoms with Crippen molar-refractivity contribution in [2.24, 2.45) is 0 Å². The molecule has 0 N–H and O–H groups in total. The van der Waals surface area contributed by atoms with Gasteiger partial charge in [-0.15, -0.1) is 0 Å². The maximum absolute atomic E-state index is 10.7. The van der Waals surface area contributed by atoms with Gasteiger partial charge in [0.05, 0.1) is 7.11 Å². The Morgan fingerprint density at radius 2 is 2.17 bits per heavy atom. The van der Waals surface area contributed by atoms with Crippen LogP contribution in [0, 0.1) is 0 Å². The minimum atomic E-state index is 0.407. The number of hydrogen-bond acceptors (Lipinski definition) is 4. The van der Waals surface area contributed by atoms with Gasteiger partial charge < -0.3 is 9.47 Å². The van der Waals surface area contributed by atoms with Gasteiger partial charge in [-0.2, -0.15) is 0 Å². The summed E-state index contributed by atoms with van der Waals surface area (Å²) in [4.78, 5) is 14.7. The molecule has 1 aromatic carbocycles. The number of hydrogen-bond donors (Lipinski definition) is 0. The predicted octanol–water partition coefficient (Wildman–Crippen LogP) is 2.48. The molecule has 0 radical (unpaired) electrons. The molecule has 0 aliphatic rings. The van der Waals surface area contributed by atoms with E-state index in [4.69, 9.17) is 9.47 Å². The summed E-state index contributed by atoms with van der Waals surface area (Å²) in [5, 5.41) is 0. The highest BCUT2D eigenvalue weighted by Crippen LogP contribution is 2.28. The zero-order valence-electron chi connectivity index (χ0n) is 10.00. The van der Waals surface area contributed by atoms with E-state index in [1.54, 1.807) is 37.7 Å². The van der Waals surface area contributed by atoms with Crippen molar-refractivity contribution in [3.05, 3.63) is 53.9 Å². The average Bonchev–Trinajstić information content (AvgIpc) is 2.46. The first-order valence-corrected chi connectivity index (χ1v) is 5.48. The summed E-state index contributed by atoms with van der Waals surface area (Å²) in [5.74, 6) is 1.15. The quantitative estimate of drug-likeness (QED) is 0.757. The number of pyridine rings is 1. The van der Waals surface area contributed by atoms with Crippen molar-refractivity contribution in [2.75, 3.05) is 7.11 Å². The second kappa shape index (κ2) is 5.82. The standard InChI is InChI=1S/C14H13NO3/c1-17-14-7-11(9-16)4-5-13(14)18-10-12-3-2-6-15-8-12/h2-9H,10H2,1H3. The molecule has 92 valence electrons. The van der Waals surface area contributed by atoms with E-state index in [9.17, 15) is 4.79 Å². The molecule has 18 heavy (non-hydrogen) atoms. The Bertz CT molecular complexity index is 526. The van der Waals surface area contributed by atoms with Crippen LogP contribution in [0.1, 0.15) is 15.9 Å². The largest absolute Gasteiger partial charge is 0.493 e. The molecular weight excluding hydrogens is 230 g/mol. The smallest absolute Gasteiger partial charge is 0.161 e. The van der Waals surface area contributed by atoms with E-state index in [-0.39, 0.29) is 0 Å². The van der Waals surface area contributed by atoms with Gasteiger partial charge in [-0.05, 0) is 24.3 Å². The van der Waals surface area contributed by atoms with Crippen molar-refractivity contribution in [1.82, 2.24) is 4.98 Å². The van der Waals surface area contributed by atoms with Gasteiger partial charge >= 0.3 is 0 Å². The van der Waals surface area contributed by atoms with Gasteiger partial charge in [0.15, 0.2) is 11.5 Å². The summed E-state index contributed by atoms with van der Waals surface area (Å²) < 4.78 is 10.8. The lowest BCUT2D eigenvalue weighted by molar-refractivity contribution is 0.112. The number of benzene rings is 1. The SMILES string of the molecule is COc1cc(C=O)ccc1OCc1cccnc1. The zero-order chi connectivity index (χ0) is 12.8. The van der Waals surface area contributed by atoms with E-state index in [1.165, 1.54) is 0 Å². The molecule has 1 heterocycles. The minimum absolute atomic E-state index is 0.407. The number of rotatable bonds is 5. The Labute approximate surface area is 105 Å². The van der Waals surface area contributed by atoms with Crippen LogP contribution in [0.3, 0.4) is 0 Å². The number of aromatic nitrogens is 1. The van der Waals surface area contributed by atoms with Gasteiger partial charge in [0.1, 0.15) is 12.9 Å². The van der Waals surface area contributed by atoms with Crippen molar-refractivity contribution in [2.45, 2.75) is 6.61 Å². The Hall–Kier alpha value is -2.36. The van der Waals surface area contributed by atoms with Crippen LogP contribution < -0.4 is 9.47 Å². The fourth-order valence-electron chi connectivity index (χ4n) is 1.52. The van der Waals surface area contributed by atoms with Gasteiger partial charge in [-0.25, -0.2) is 0 Å². The summed E-state index contributed by atoms with van der Waals surface area (Å²) in [6, 6.07) is 8.84. The molecule has 0 saturated carbocycles. The van der Waals surface area contributed by atoms with Crippen molar-refractivity contribution in [3.8, 4) is 11.5 Å². The van der Waals surface area contributed by atoms with Gasteiger partial charge in [0, 0.05) is 23.5 Å². The molecule has 0 unspecified atom stereocenters. The minimum Gasteiger partial charge on any atom is -0.493 e. The van der Waals surface area contributed by atoms with Gasteiger partial charge in [0.25, 0.3) is 0 Å². The number of carbonyl (C=O) groups excluding carboxylic acids is 1.